The molecule has 0 radical (unpaired) electrons. The van der Waals surface area contributed by atoms with Crippen LogP contribution in [0.3, 0.4) is 0 Å². The lowest BCUT2D eigenvalue weighted by molar-refractivity contribution is 0.0947. The van der Waals surface area contributed by atoms with E-state index >= 15 is 0 Å². The Morgan fingerprint density at radius 3 is 2.69 bits per heavy atom. The molecule has 1 amide bonds. The predicted molar refractivity (Wildman–Crippen MR) is 100 cm³/mol. The van der Waals surface area contributed by atoms with Crippen LogP contribution in [0.15, 0.2) is 28.8 Å². The van der Waals surface area contributed by atoms with Crippen LogP contribution in [0.2, 0.25) is 0 Å². The van der Waals surface area contributed by atoms with Crippen molar-refractivity contribution in [3.8, 4) is 11.5 Å². The van der Waals surface area contributed by atoms with Crippen molar-refractivity contribution >= 4 is 5.91 Å². The van der Waals surface area contributed by atoms with E-state index in [4.69, 9.17) is 4.52 Å². The van der Waals surface area contributed by atoms with Gasteiger partial charge >= 0.3 is 0 Å². The van der Waals surface area contributed by atoms with Crippen molar-refractivity contribution in [2.45, 2.75) is 26.2 Å². The summed E-state index contributed by atoms with van der Waals surface area (Å²) in [4.78, 5) is 19.5. The predicted octanol–water partition coefficient (Wildman–Crippen LogP) is 1.67. The van der Waals surface area contributed by atoms with Crippen LogP contribution in [0.1, 0.15) is 37.0 Å². The molecule has 1 saturated heterocycles. The highest BCUT2D eigenvalue weighted by atomic mass is 16.5. The number of carbonyl (C=O) groups is 1. The molecule has 26 heavy (non-hydrogen) atoms. The summed E-state index contributed by atoms with van der Waals surface area (Å²) >= 11 is 0. The molecule has 1 aromatic carbocycles. The molecule has 0 spiro atoms. The van der Waals surface area contributed by atoms with Crippen molar-refractivity contribution in [1.29, 1.82) is 0 Å². The monoisotopic (exact) mass is 357 g/mol. The van der Waals surface area contributed by atoms with E-state index in [1.54, 1.807) is 6.07 Å². The van der Waals surface area contributed by atoms with Crippen LogP contribution in [0, 0.1) is 0 Å². The maximum atomic E-state index is 12.7. The molecule has 140 valence electrons. The van der Waals surface area contributed by atoms with E-state index in [-0.39, 0.29) is 11.3 Å². The van der Waals surface area contributed by atoms with E-state index in [9.17, 15) is 4.79 Å². The summed E-state index contributed by atoms with van der Waals surface area (Å²) in [6, 6.07) is 7.34. The molecule has 1 aromatic heterocycles. The number of benzene rings is 1. The standard InChI is InChI=1S/C19H27N5O2/c1-19(2,3)18-22-17(26-23-18)15-7-5-4-6-14(15)16(25)21-10-13-24-11-8-20-9-12-24/h4-7,20H,8-13H2,1-3H3,(H,21,25). The highest BCUT2D eigenvalue weighted by Gasteiger charge is 2.23. The Bertz CT molecular complexity index is 744. The van der Waals surface area contributed by atoms with Gasteiger partial charge in [-0.1, -0.05) is 38.1 Å². The molecule has 7 heteroatoms. The maximum Gasteiger partial charge on any atom is 0.258 e. The minimum Gasteiger partial charge on any atom is -0.351 e. The fraction of sp³-hybridized carbons (Fsp3) is 0.526. The zero-order chi connectivity index (χ0) is 18.6. The molecule has 2 N–H and O–H groups in total. The van der Waals surface area contributed by atoms with Gasteiger partial charge in [0, 0.05) is 44.7 Å². The van der Waals surface area contributed by atoms with E-state index in [1.807, 2.05) is 39.0 Å². The van der Waals surface area contributed by atoms with Crippen LogP contribution >= 0.6 is 0 Å². The van der Waals surface area contributed by atoms with Crippen LogP contribution in [0.4, 0.5) is 0 Å². The smallest absolute Gasteiger partial charge is 0.258 e. The molecule has 0 saturated carbocycles. The summed E-state index contributed by atoms with van der Waals surface area (Å²) in [5.41, 5.74) is 1.01. The quantitative estimate of drug-likeness (QED) is 0.847. The second kappa shape index (κ2) is 7.97. The van der Waals surface area contributed by atoms with Gasteiger partial charge in [0.05, 0.1) is 11.1 Å². The summed E-state index contributed by atoms with van der Waals surface area (Å²) in [6.07, 6.45) is 0. The lowest BCUT2D eigenvalue weighted by atomic mass is 9.96. The molecular formula is C19H27N5O2. The maximum absolute atomic E-state index is 12.7. The molecule has 1 aliphatic rings. The first kappa shape index (κ1) is 18.5. The fourth-order valence-corrected chi connectivity index (χ4v) is 2.86. The van der Waals surface area contributed by atoms with E-state index in [0.29, 0.717) is 29.4 Å². The van der Waals surface area contributed by atoms with Crippen molar-refractivity contribution in [2.75, 3.05) is 39.3 Å². The molecule has 7 nitrogen and oxygen atoms in total. The Morgan fingerprint density at radius 1 is 1.27 bits per heavy atom. The average molecular weight is 357 g/mol. The summed E-state index contributed by atoms with van der Waals surface area (Å²) in [6.45, 7) is 11.6. The number of nitrogens with zero attached hydrogens (tertiary/aromatic N) is 3. The van der Waals surface area contributed by atoms with Gasteiger partial charge in [-0.05, 0) is 12.1 Å². The van der Waals surface area contributed by atoms with Gasteiger partial charge in [0.15, 0.2) is 5.82 Å². The number of nitrogens with one attached hydrogen (secondary N) is 2. The topological polar surface area (TPSA) is 83.3 Å². The van der Waals surface area contributed by atoms with Crippen molar-refractivity contribution < 1.29 is 9.32 Å². The number of piperazine rings is 1. The fourth-order valence-electron chi connectivity index (χ4n) is 2.86. The van der Waals surface area contributed by atoms with Crippen molar-refractivity contribution in [2.24, 2.45) is 0 Å². The first-order chi connectivity index (χ1) is 12.4. The second-order valence-electron chi connectivity index (χ2n) is 7.57. The van der Waals surface area contributed by atoms with E-state index in [0.717, 1.165) is 32.7 Å². The SMILES string of the molecule is CC(C)(C)c1noc(-c2ccccc2C(=O)NCCN2CCNCC2)n1. The van der Waals surface area contributed by atoms with Crippen LogP contribution in [0.25, 0.3) is 11.5 Å². The molecular weight excluding hydrogens is 330 g/mol. The van der Waals surface area contributed by atoms with Crippen molar-refractivity contribution in [3.05, 3.63) is 35.7 Å². The number of aromatic nitrogens is 2. The van der Waals surface area contributed by atoms with Gasteiger partial charge in [-0.15, -0.1) is 0 Å². The highest BCUT2D eigenvalue weighted by Crippen LogP contribution is 2.26. The number of amides is 1. The van der Waals surface area contributed by atoms with Gasteiger partial charge in [-0.2, -0.15) is 4.98 Å². The first-order valence-electron chi connectivity index (χ1n) is 9.10. The van der Waals surface area contributed by atoms with Gasteiger partial charge in [0.25, 0.3) is 11.8 Å². The minimum absolute atomic E-state index is 0.119. The first-order valence-corrected chi connectivity index (χ1v) is 9.10. The van der Waals surface area contributed by atoms with Gasteiger partial charge in [0.2, 0.25) is 0 Å². The molecule has 2 heterocycles. The molecule has 0 bridgehead atoms. The third-order valence-corrected chi connectivity index (χ3v) is 4.42. The highest BCUT2D eigenvalue weighted by molar-refractivity contribution is 5.99. The second-order valence-corrected chi connectivity index (χ2v) is 7.57. The van der Waals surface area contributed by atoms with Crippen molar-refractivity contribution in [1.82, 2.24) is 25.7 Å². The molecule has 0 atom stereocenters. The Kier molecular flexibility index (Phi) is 5.68. The van der Waals surface area contributed by atoms with E-state index in [1.165, 1.54) is 0 Å². The lowest BCUT2D eigenvalue weighted by Gasteiger charge is -2.27. The average Bonchev–Trinajstić information content (AvgIpc) is 3.13. The summed E-state index contributed by atoms with van der Waals surface area (Å²) in [5, 5.41) is 10.4. The summed E-state index contributed by atoms with van der Waals surface area (Å²) < 4.78 is 5.41. The number of hydrogen-bond acceptors (Lipinski definition) is 6. The van der Waals surface area contributed by atoms with Crippen molar-refractivity contribution in [3.63, 3.8) is 0 Å². The van der Waals surface area contributed by atoms with Gasteiger partial charge < -0.3 is 15.2 Å². The van der Waals surface area contributed by atoms with Gasteiger partial charge in [-0.3, -0.25) is 9.69 Å². The van der Waals surface area contributed by atoms with Gasteiger partial charge in [-0.25, -0.2) is 0 Å². The summed E-state index contributed by atoms with van der Waals surface area (Å²) in [7, 11) is 0. The third-order valence-electron chi connectivity index (χ3n) is 4.42. The molecule has 2 aromatic rings. The van der Waals surface area contributed by atoms with Gasteiger partial charge in [0.1, 0.15) is 0 Å². The Balaban J connectivity index is 1.68. The Labute approximate surface area is 154 Å². The van der Waals surface area contributed by atoms with Crippen LogP contribution in [-0.4, -0.2) is 60.2 Å². The number of hydrogen-bond donors (Lipinski definition) is 2. The number of rotatable bonds is 5. The van der Waals surface area contributed by atoms with E-state index in [2.05, 4.69) is 25.7 Å². The number of carbonyl (C=O) groups excluding carboxylic acids is 1. The molecule has 0 unspecified atom stereocenters. The minimum atomic E-state index is -0.206. The largest absolute Gasteiger partial charge is 0.351 e. The zero-order valence-corrected chi connectivity index (χ0v) is 15.7. The molecule has 1 aliphatic heterocycles. The molecule has 3 rings (SSSR count). The normalized spacial score (nSPS) is 15.8. The third kappa shape index (κ3) is 4.47. The van der Waals surface area contributed by atoms with Crippen LogP contribution in [0.5, 0.6) is 0 Å². The lowest BCUT2D eigenvalue weighted by Crippen LogP contribution is -2.46. The Morgan fingerprint density at radius 2 is 2.00 bits per heavy atom. The van der Waals surface area contributed by atoms with E-state index < -0.39 is 0 Å². The molecule has 1 fully saturated rings. The van der Waals surface area contributed by atoms with Crippen LogP contribution in [-0.2, 0) is 5.41 Å². The molecule has 0 aliphatic carbocycles. The van der Waals surface area contributed by atoms with Crippen LogP contribution < -0.4 is 10.6 Å². The Hall–Kier alpha value is -2.25. The summed E-state index contributed by atoms with van der Waals surface area (Å²) in [5.74, 6) is 0.885. The zero-order valence-electron chi connectivity index (χ0n) is 15.7.